The highest BCUT2D eigenvalue weighted by atomic mass is 35.5. The van der Waals surface area contributed by atoms with Gasteiger partial charge in [-0.2, -0.15) is 0 Å². The van der Waals surface area contributed by atoms with Gasteiger partial charge in [0.1, 0.15) is 0 Å². The van der Waals surface area contributed by atoms with Crippen LogP contribution in [0.25, 0.3) is 0 Å². The number of nitro benzene ring substituents is 1. The van der Waals surface area contributed by atoms with Crippen molar-refractivity contribution in [1.82, 2.24) is 0 Å². The van der Waals surface area contributed by atoms with Crippen LogP contribution < -0.4 is 0 Å². The Balaban J connectivity index is 1.90. The molecule has 112 valence electrons. The minimum atomic E-state index is -0.417. The normalized spacial score (nSPS) is 17.4. The van der Waals surface area contributed by atoms with Crippen molar-refractivity contribution in [3.05, 3.63) is 73.8 Å². The number of halogens is 2. The smallest absolute Gasteiger partial charge is 0.269 e. The monoisotopic (exact) mass is 352 g/mol. The summed E-state index contributed by atoms with van der Waals surface area (Å²) in [5.41, 5.74) is 1.76. The van der Waals surface area contributed by atoms with E-state index in [1.54, 1.807) is 42.1 Å². The van der Waals surface area contributed by atoms with Crippen LogP contribution in [0.2, 0.25) is 10.0 Å². The maximum atomic E-state index is 10.7. The highest BCUT2D eigenvalue weighted by Crippen LogP contribution is 2.39. The Morgan fingerprint density at radius 3 is 2.36 bits per heavy atom. The van der Waals surface area contributed by atoms with Crippen molar-refractivity contribution in [2.75, 3.05) is 5.75 Å². The van der Waals surface area contributed by atoms with Crippen LogP contribution in [0.4, 0.5) is 5.69 Å². The zero-order valence-corrected chi connectivity index (χ0v) is 13.5. The highest BCUT2D eigenvalue weighted by Gasteiger charge is 2.25. The lowest BCUT2D eigenvalue weighted by molar-refractivity contribution is -0.384. The van der Waals surface area contributed by atoms with E-state index in [2.05, 4.69) is 4.99 Å². The summed E-state index contributed by atoms with van der Waals surface area (Å²) < 4.78 is 0. The van der Waals surface area contributed by atoms with Gasteiger partial charge in [0, 0.05) is 39.1 Å². The lowest BCUT2D eigenvalue weighted by Gasteiger charge is -2.10. The van der Waals surface area contributed by atoms with E-state index >= 15 is 0 Å². The van der Waals surface area contributed by atoms with Crippen LogP contribution in [-0.4, -0.2) is 15.7 Å². The van der Waals surface area contributed by atoms with Crippen molar-refractivity contribution in [2.45, 2.75) is 6.04 Å². The molecule has 1 unspecified atom stereocenters. The summed E-state index contributed by atoms with van der Waals surface area (Å²) in [6.45, 7) is 0. The highest BCUT2D eigenvalue weighted by molar-refractivity contribution is 8.14. The van der Waals surface area contributed by atoms with E-state index in [9.17, 15) is 10.1 Å². The molecule has 2 aromatic rings. The molecule has 0 bridgehead atoms. The zero-order valence-electron chi connectivity index (χ0n) is 11.2. The van der Waals surface area contributed by atoms with Gasteiger partial charge >= 0.3 is 0 Å². The Bertz CT molecular complexity index is 742. The molecule has 0 saturated carbocycles. The van der Waals surface area contributed by atoms with Crippen LogP contribution in [-0.2, 0) is 0 Å². The predicted octanol–water partition coefficient (Wildman–Crippen LogP) is 5.14. The van der Waals surface area contributed by atoms with Gasteiger partial charge in [0.25, 0.3) is 5.69 Å². The molecule has 2 aromatic carbocycles. The van der Waals surface area contributed by atoms with Crippen molar-refractivity contribution in [2.24, 2.45) is 4.99 Å². The van der Waals surface area contributed by atoms with E-state index in [-0.39, 0.29) is 11.7 Å². The van der Waals surface area contributed by atoms with Gasteiger partial charge in [-0.05, 0) is 24.3 Å². The average Bonchev–Trinajstić information content (AvgIpc) is 2.97. The number of nitro groups is 1. The number of nitrogens with zero attached hydrogens (tertiary/aromatic N) is 2. The standard InChI is InChI=1S/C15H10Cl2N2O2S/c16-11-2-1-3-12(17)14(11)13-8-22-15(18-13)9-4-6-10(7-5-9)19(20)21/h1-7,13H,8H2. The van der Waals surface area contributed by atoms with Crippen molar-refractivity contribution in [3.8, 4) is 0 Å². The van der Waals surface area contributed by atoms with Gasteiger partial charge in [-0.1, -0.05) is 29.3 Å². The summed E-state index contributed by atoms with van der Waals surface area (Å²) in [4.78, 5) is 14.9. The van der Waals surface area contributed by atoms with Crippen LogP contribution in [0.1, 0.15) is 17.2 Å². The average molecular weight is 353 g/mol. The molecule has 0 amide bonds. The second-order valence-corrected chi connectivity index (χ2v) is 6.52. The first-order valence-corrected chi connectivity index (χ1v) is 8.20. The van der Waals surface area contributed by atoms with Crippen molar-refractivity contribution >= 4 is 45.7 Å². The van der Waals surface area contributed by atoms with Gasteiger partial charge in [0.15, 0.2) is 0 Å². The molecule has 0 spiro atoms. The third-order valence-electron chi connectivity index (χ3n) is 3.31. The van der Waals surface area contributed by atoms with Gasteiger partial charge in [-0.25, -0.2) is 0 Å². The molecule has 1 heterocycles. The maximum absolute atomic E-state index is 10.7. The molecular formula is C15H10Cl2N2O2S. The van der Waals surface area contributed by atoms with Gasteiger partial charge in [-0.15, -0.1) is 11.8 Å². The third-order valence-corrected chi connectivity index (χ3v) is 5.07. The minimum Gasteiger partial charge on any atom is -0.269 e. The summed E-state index contributed by atoms with van der Waals surface area (Å²) >= 11 is 14.0. The van der Waals surface area contributed by atoms with Crippen LogP contribution in [0, 0.1) is 10.1 Å². The first kappa shape index (κ1) is 15.3. The molecular weight excluding hydrogens is 343 g/mol. The van der Waals surface area contributed by atoms with Gasteiger partial charge in [0.05, 0.1) is 16.0 Å². The fraction of sp³-hybridized carbons (Fsp3) is 0.133. The molecule has 0 fully saturated rings. The number of thioether (sulfide) groups is 1. The lowest BCUT2D eigenvalue weighted by Crippen LogP contribution is -1.96. The van der Waals surface area contributed by atoms with E-state index in [0.717, 1.165) is 21.9 Å². The Morgan fingerprint density at radius 2 is 1.77 bits per heavy atom. The predicted molar refractivity (Wildman–Crippen MR) is 91.3 cm³/mol. The lowest BCUT2D eigenvalue weighted by atomic mass is 10.1. The molecule has 1 aliphatic heterocycles. The van der Waals surface area contributed by atoms with Crippen molar-refractivity contribution in [3.63, 3.8) is 0 Å². The number of aliphatic imine (C=N–C) groups is 1. The van der Waals surface area contributed by atoms with Crippen molar-refractivity contribution < 1.29 is 4.92 Å². The summed E-state index contributed by atoms with van der Waals surface area (Å²) in [6.07, 6.45) is 0. The summed E-state index contributed by atoms with van der Waals surface area (Å²) in [5, 5.41) is 12.7. The summed E-state index contributed by atoms with van der Waals surface area (Å²) in [7, 11) is 0. The van der Waals surface area contributed by atoms with Gasteiger partial charge in [0.2, 0.25) is 0 Å². The Hall–Kier alpha value is -1.56. The van der Waals surface area contributed by atoms with E-state index in [4.69, 9.17) is 23.2 Å². The molecule has 7 heteroatoms. The van der Waals surface area contributed by atoms with Gasteiger partial charge in [-0.3, -0.25) is 15.1 Å². The molecule has 0 radical (unpaired) electrons. The largest absolute Gasteiger partial charge is 0.269 e. The third kappa shape index (κ3) is 2.97. The Morgan fingerprint density at radius 1 is 1.14 bits per heavy atom. The number of hydrogen-bond acceptors (Lipinski definition) is 4. The Labute approximate surface area is 141 Å². The molecule has 1 atom stereocenters. The second-order valence-electron chi connectivity index (χ2n) is 4.70. The topological polar surface area (TPSA) is 55.5 Å². The van der Waals surface area contributed by atoms with Crippen LogP contribution in [0.5, 0.6) is 0 Å². The molecule has 0 aromatic heterocycles. The zero-order chi connectivity index (χ0) is 15.7. The van der Waals surface area contributed by atoms with E-state index in [1.165, 1.54) is 12.1 Å². The van der Waals surface area contributed by atoms with Crippen LogP contribution >= 0.6 is 35.0 Å². The number of benzene rings is 2. The first-order valence-electron chi connectivity index (χ1n) is 6.45. The molecule has 1 aliphatic rings. The quantitative estimate of drug-likeness (QED) is 0.567. The fourth-order valence-corrected chi connectivity index (χ4v) is 3.95. The first-order chi connectivity index (χ1) is 10.6. The summed E-state index contributed by atoms with van der Waals surface area (Å²) in [6, 6.07) is 11.7. The molecule has 22 heavy (non-hydrogen) atoms. The molecule has 3 rings (SSSR count). The molecule has 0 aliphatic carbocycles. The molecule has 4 nitrogen and oxygen atoms in total. The number of hydrogen-bond donors (Lipinski definition) is 0. The number of non-ortho nitro benzene ring substituents is 1. The molecule has 0 saturated heterocycles. The summed E-state index contributed by atoms with van der Waals surface area (Å²) in [5.74, 6) is 0.746. The van der Waals surface area contributed by atoms with E-state index in [1.807, 2.05) is 0 Å². The van der Waals surface area contributed by atoms with E-state index in [0.29, 0.717) is 10.0 Å². The van der Waals surface area contributed by atoms with E-state index < -0.39 is 4.92 Å². The van der Waals surface area contributed by atoms with Crippen LogP contribution in [0.3, 0.4) is 0 Å². The SMILES string of the molecule is O=[N+]([O-])c1ccc(C2=NC(c3c(Cl)cccc3Cl)CS2)cc1. The maximum Gasteiger partial charge on any atom is 0.269 e. The number of rotatable bonds is 3. The van der Waals surface area contributed by atoms with Gasteiger partial charge < -0.3 is 0 Å². The van der Waals surface area contributed by atoms with Crippen molar-refractivity contribution in [1.29, 1.82) is 0 Å². The second kappa shape index (κ2) is 6.28. The molecule has 0 N–H and O–H groups in total. The Kier molecular flexibility index (Phi) is 4.38. The fourth-order valence-electron chi connectivity index (χ4n) is 2.23. The minimum absolute atomic E-state index is 0.0676. The van der Waals surface area contributed by atoms with Crippen LogP contribution in [0.15, 0.2) is 47.5 Å².